The van der Waals surface area contributed by atoms with Crippen molar-refractivity contribution >= 4 is 55.5 Å². The van der Waals surface area contributed by atoms with Gasteiger partial charge in [-0.3, -0.25) is 4.79 Å². The van der Waals surface area contributed by atoms with Crippen LogP contribution in [-0.2, 0) is 13.6 Å². The summed E-state index contributed by atoms with van der Waals surface area (Å²) >= 11 is 5.16. The molecule has 2 aromatic carbocycles. The van der Waals surface area contributed by atoms with E-state index >= 15 is 0 Å². The Morgan fingerprint density at radius 2 is 1.97 bits per heavy atom. The summed E-state index contributed by atoms with van der Waals surface area (Å²) in [5.74, 6) is 1.90. The van der Waals surface area contributed by atoms with Crippen molar-refractivity contribution in [3.8, 4) is 11.1 Å². The molecule has 5 rings (SSSR count). The number of hydrogen-bond acceptors (Lipinski definition) is 4. The summed E-state index contributed by atoms with van der Waals surface area (Å²) in [6.45, 7) is 4.89. The van der Waals surface area contributed by atoms with Gasteiger partial charge in [-0.05, 0) is 48.4 Å². The van der Waals surface area contributed by atoms with E-state index in [2.05, 4.69) is 73.5 Å². The highest BCUT2D eigenvalue weighted by Crippen LogP contribution is 2.35. The van der Waals surface area contributed by atoms with Crippen molar-refractivity contribution in [1.29, 1.82) is 0 Å². The molecule has 0 bridgehead atoms. The molecule has 8 heteroatoms. The second-order valence-electron chi connectivity index (χ2n) is 8.02. The van der Waals surface area contributed by atoms with Crippen molar-refractivity contribution in [3.63, 3.8) is 0 Å². The Morgan fingerprint density at radius 3 is 2.73 bits per heavy atom. The first-order valence-electron chi connectivity index (χ1n) is 10.8. The molecule has 168 valence electrons. The topological polar surface area (TPSA) is 67.6 Å². The molecule has 3 aromatic heterocycles. The van der Waals surface area contributed by atoms with Gasteiger partial charge in [0.15, 0.2) is 0 Å². The van der Waals surface area contributed by atoms with Gasteiger partial charge >= 0.3 is 0 Å². The van der Waals surface area contributed by atoms with E-state index in [0.29, 0.717) is 5.52 Å². The van der Waals surface area contributed by atoms with Crippen LogP contribution < -0.4 is 10.3 Å². The van der Waals surface area contributed by atoms with Crippen LogP contribution in [0.25, 0.3) is 33.1 Å². The Kier molecular flexibility index (Phi) is 5.80. The number of anilines is 1. The molecule has 33 heavy (non-hydrogen) atoms. The minimum absolute atomic E-state index is 0.0316. The number of hydrogen-bond donors (Lipinski definition) is 2. The van der Waals surface area contributed by atoms with Gasteiger partial charge in [-0.15, -0.1) is 0 Å². The first-order valence-corrected chi connectivity index (χ1v) is 12.5. The number of aryl methyl sites for hydroxylation is 2. The van der Waals surface area contributed by atoms with Gasteiger partial charge in [0.1, 0.15) is 16.9 Å². The highest BCUT2D eigenvalue weighted by atomic mass is 79.9. The van der Waals surface area contributed by atoms with Crippen LogP contribution in [-0.4, -0.2) is 24.9 Å². The SMILES string of the molecule is CCSNc1cc(-c2cn(C)c(=O)c3[nH]ccc23)cc2c1nc(C)n2Cc1ccc(Br)cc1. The lowest BCUT2D eigenvalue weighted by Crippen LogP contribution is -2.16. The third kappa shape index (κ3) is 3.98. The van der Waals surface area contributed by atoms with Crippen LogP contribution in [0.4, 0.5) is 5.69 Å². The minimum Gasteiger partial charge on any atom is -0.357 e. The number of nitrogens with one attached hydrogen (secondary N) is 2. The Labute approximate surface area is 204 Å². The number of aromatic nitrogens is 4. The molecule has 5 aromatic rings. The number of pyridine rings is 1. The summed E-state index contributed by atoms with van der Waals surface area (Å²) in [6.07, 6.45) is 3.74. The molecule has 0 atom stereocenters. The molecule has 0 saturated heterocycles. The smallest absolute Gasteiger partial charge is 0.274 e. The summed E-state index contributed by atoms with van der Waals surface area (Å²) in [7, 11) is 1.79. The average molecular weight is 522 g/mol. The molecule has 0 aliphatic carbocycles. The fraction of sp³-hybridized carbons (Fsp3) is 0.200. The maximum Gasteiger partial charge on any atom is 0.274 e. The average Bonchev–Trinajstić information content (AvgIpc) is 3.41. The Balaban J connectivity index is 1.74. The zero-order chi connectivity index (χ0) is 23.1. The molecule has 2 N–H and O–H groups in total. The van der Waals surface area contributed by atoms with Crippen LogP contribution in [0.3, 0.4) is 0 Å². The lowest BCUT2D eigenvalue weighted by atomic mass is 10.0. The van der Waals surface area contributed by atoms with Gasteiger partial charge in [0.2, 0.25) is 0 Å². The van der Waals surface area contributed by atoms with Crippen LogP contribution in [0.1, 0.15) is 18.3 Å². The zero-order valence-corrected chi connectivity index (χ0v) is 21.0. The summed E-state index contributed by atoms with van der Waals surface area (Å²) in [5, 5.41) is 0.919. The molecule has 6 nitrogen and oxygen atoms in total. The van der Waals surface area contributed by atoms with E-state index in [0.717, 1.165) is 55.8 Å². The molecule has 0 aliphatic heterocycles. The summed E-state index contributed by atoms with van der Waals surface area (Å²) in [5.41, 5.74) is 6.83. The van der Waals surface area contributed by atoms with Crippen LogP contribution >= 0.6 is 27.9 Å². The Morgan fingerprint density at radius 1 is 1.18 bits per heavy atom. The molecule has 0 aliphatic rings. The van der Waals surface area contributed by atoms with E-state index in [1.54, 1.807) is 23.6 Å². The van der Waals surface area contributed by atoms with E-state index in [9.17, 15) is 4.79 Å². The van der Waals surface area contributed by atoms with Crippen molar-refractivity contribution in [2.24, 2.45) is 7.05 Å². The van der Waals surface area contributed by atoms with Crippen LogP contribution in [0.2, 0.25) is 0 Å². The predicted molar refractivity (Wildman–Crippen MR) is 142 cm³/mol. The Bertz CT molecular complexity index is 1530. The molecule has 0 amide bonds. The van der Waals surface area contributed by atoms with Crippen LogP contribution in [0.15, 0.2) is 64.1 Å². The number of imidazole rings is 1. The number of fused-ring (bicyclic) bond motifs is 2. The van der Waals surface area contributed by atoms with Gasteiger partial charge in [-0.25, -0.2) is 4.98 Å². The van der Waals surface area contributed by atoms with Gasteiger partial charge in [-0.2, -0.15) is 0 Å². The number of benzene rings is 2. The maximum absolute atomic E-state index is 12.6. The van der Waals surface area contributed by atoms with E-state index in [1.165, 1.54) is 5.56 Å². The van der Waals surface area contributed by atoms with Gasteiger partial charge < -0.3 is 18.8 Å². The highest BCUT2D eigenvalue weighted by Gasteiger charge is 2.17. The minimum atomic E-state index is -0.0316. The molecule has 3 heterocycles. The van der Waals surface area contributed by atoms with E-state index in [1.807, 2.05) is 25.4 Å². The number of nitrogens with zero attached hydrogens (tertiary/aromatic N) is 3. The first-order chi connectivity index (χ1) is 16.0. The van der Waals surface area contributed by atoms with Gasteiger partial charge in [0.25, 0.3) is 5.56 Å². The number of rotatable bonds is 6. The van der Waals surface area contributed by atoms with Gasteiger partial charge in [0.05, 0.1) is 11.2 Å². The summed E-state index contributed by atoms with van der Waals surface area (Å²) < 4.78 is 8.44. The predicted octanol–water partition coefficient (Wildman–Crippen LogP) is 6.08. The molecule has 0 radical (unpaired) electrons. The first kappa shape index (κ1) is 21.9. The van der Waals surface area contributed by atoms with Crippen LogP contribution in [0.5, 0.6) is 0 Å². The molecule has 0 fully saturated rings. The fourth-order valence-electron chi connectivity index (χ4n) is 4.19. The van der Waals surface area contributed by atoms with E-state index in [4.69, 9.17) is 4.98 Å². The zero-order valence-electron chi connectivity index (χ0n) is 18.6. The number of aromatic amines is 1. The molecule has 0 saturated carbocycles. The van der Waals surface area contributed by atoms with Crippen molar-refractivity contribution in [3.05, 3.63) is 81.1 Å². The number of halogens is 1. The van der Waals surface area contributed by atoms with Crippen LogP contribution in [0, 0.1) is 6.92 Å². The fourth-order valence-corrected chi connectivity index (χ4v) is 4.91. The summed E-state index contributed by atoms with van der Waals surface area (Å²) in [4.78, 5) is 20.6. The van der Waals surface area contributed by atoms with Crippen molar-refractivity contribution < 1.29 is 0 Å². The largest absolute Gasteiger partial charge is 0.357 e. The second-order valence-corrected chi connectivity index (χ2v) is 10.0. The summed E-state index contributed by atoms with van der Waals surface area (Å²) in [6, 6.07) is 14.7. The maximum atomic E-state index is 12.6. The lowest BCUT2D eigenvalue weighted by Gasteiger charge is -2.13. The third-order valence-electron chi connectivity index (χ3n) is 5.83. The lowest BCUT2D eigenvalue weighted by molar-refractivity contribution is 0.786. The monoisotopic (exact) mass is 521 g/mol. The highest BCUT2D eigenvalue weighted by molar-refractivity contribution is 9.10. The van der Waals surface area contributed by atoms with Crippen molar-refractivity contribution in [1.82, 2.24) is 19.1 Å². The molecule has 0 unspecified atom stereocenters. The van der Waals surface area contributed by atoms with E-state index in [-0.39, 0.29) is 5.56 Å². The molecule has 0 spiro atoms. The molecular formula is C25H24BrN5OS. The third-order valence-corrected chi connectivity index (χ3v) is 7.01. The van der Waals surface area contributed by atoms with Gasteiger partial charge in [0, 0.05) is 47.2 Å². The number of H-pyrrole nitrogens is 1. The molecular weight excluding hydrogens is 498 g/mol. The quantitative estimate of drug-likeness (QED) is 0.265. The Hall–Kier alpha value is -2.97. The standard InChI is InChI=1S/C25H24BrN5OS/c1-4-33-29-21-11-17(20-14-30(3)25(32)23-19(20)9-10-27-23)12-22-24(21)28-15(2)31(22)13-16-5-7-18(26)8-6-16/h5-12,14,27,29H,4,13H2,1-3H3. The van der Waals surface area contributed by atoms with Crippen molar-refractivity contribution in [2.45, 2.75) is 20.4 Å². The van der Waals surface area contributed by atoms with E-state index < -0.39 is 0 Å². The normalized spacial score (nSPS) is 11.5. The van der Waals surface area contributed by atoms with Crippen molar-refractivity contribution in [2.75, 3.05) is 10.5 Å². The van der Waals surface area contributed by atoms with Gasteiger partial charge in [-0.1, -0.05) is 46.9 Å². The second kappa shape index (κ2) is 8.76.